The number of carbonyl (C=O) groups is 1. The zero-order valence-electron chi connectivity index (χ0n) is 28.3. The van der Waals surface area contributed by atoms with Crippen LogP contribution >= 0.6 is 0 Å². The molecule has 7 nitrogen and oxygen atoms in total. The molecule has 7 heteroatoms. The zero-order valence-corrected chi connectivity index (χ0v) is 28.3. The molecule has 1 aliphatic heterocycles. The van der Waals surface area contributed by atoms with E-state index >= 15 is 0 Å². The summed E-state index contributed by atoms with van der Waals surface area (Å²) in [7, 11) is 0. The van der Waals surface area contributed by atoms with Crippen LogP contribution in [0.25, 0.3) is 0 Å². The van der Waals surface area contributed by atoms with E-state index in [1.165, 1.54) is 5.57 Å². The Morgan fingerprint density at radius 2 is 1.50 bits per heavy atom. The summed E-state index contributed by atoms with van der Waals surface area (Å²) in [5.74, 6) is 0.835. The highest BCUT2D eigenvalue weighted by molar-refractivity contribution is 5.76. The molecule has 4 saturated carbocycles. The summed E-state index contributed by atoms with van der Waals surface area (Å²) in [5.41, 5.74) is 1.24. The van der Waals surface area contributed by atoms with E-state index in [1.54, 1.807) is 0 Å². The van der Waals surface area contributed by atoms with Crippen LogP contribution in [0.4, 0.5) is 0 Å². The number of allylic oxidation sites excluding steroid dienone is 2. The lowest BCUT2D eigenvalue weighted by Gasteiger charge is -2.71. The van der Waals surface area contributed by atoms with Crippen molar-refractivity contribution in [3.05, 3.63) is 11.6 Å². The van der Waals surface area contributed by atoms with Crippen LogP contribution in [0.2, 0.25) is 0 Å². The lowest BCUT2D eigenvalue weighted by atomic mass is 9.33. The molecule has 0 bridgehead atoms. The fourth-order valence-electron chi connectivity index (χ4n) is 12.8. The SMILES string of the molecule is CC1(C)CC[C@]2(C(=O)O)CC[C@]3(C)C(=CCC4[C@@]5(C)CC[C@H](C[C@@H]6OC(CO)[C@@H](O)C(O)[C@@H]6O)C(C)(C)C5CC[C@]43C)C2C1. The van der Waals surface area contributed by atoms with E-state index in [9.17, 15) is 30.3 Å². The molecule has 44 heavy (non-hydrogen) atoms. The third-order valence-corrected chi connectivity index (χ3v) is 15.8. The van der Waals surface area contributed by atoms with Gasteiger partial charge in [0.2, 0.25) is 0 Å². The molecule has 6 aliphatic rings. The lowest BCUT2D eigenvalue weighted by molar-refractivity contribution is -0.241. The maximum atomic E-state index is 12.9. The van der Waals surface area contributed by atoms with Crippen molar-refractivity contribution in [2.75, 3.05) is 6.61 Å². The predicted octanol–water partition coefficient (Wildman–Crippen LogP) is 5.72. The molecule has 0 aromatic heterocycles. The number of hydrogen-bond donors (Lipinski definition) is 5. The molecule has 0 aromatic rings. The molecule has 5 N–H and O–H groups in total. The number of aliphatic hydroxyl groups excluding tert-OH is 4. The molecule has 5 unspecified atom stereocenters. The van der Waals surface area contributed by atoms with Crippen LogP contribution < -0.4 is 0 Å². The number of rotatable bonds is 4. The van der Waals surface area contributed by atoms with Gasteiger partial charge < -0.3 is 30.3 Å². The van der Waals surface area contributed by atoms with Crippen molar-refractivity contribution in [2.24, 2.45) is 56.2 Å². The number of aliphatic hydroxyl groups is 4. The van der Waals surface area contributed by atoms with Gasteiger partial charge in [-0.3, -0.25) is 4.79 Å². The average Bonchev–Trinajstić information content (AvgIpc) is 2.94. The van der Waals surface area contributed by atoms with E-state index < -0.39 is 48.5 Å². The minimum Gasteiger partial charge on any atom is -0.481 e. The Kier molecular flexibility index (Phi) is 7.86. The summed E-state index contributed by atoms with van der Waals surface area (Å²) in [6.45, 7) is 16.6. The van der Waals surface area contributed by atoms with Crippen LogP contribution in [-0.2, 0) is 9.53 Å². The molecular weight excluding hydrogens is 556 g/mol. The van der Waals surface area contributed by atoms with Crippen molar-refractivity contribution in [3.8, 4) is 0 Å². The smallest absolute Gasteiger partial charge is 0.310 e. The van der Waals surface area contributed by atoms with Gasteiger partial charge in [0.1, 0.15) is 24.4 Å². The summed E-state index contributed by atoms with van der Waals surface area (Å²) < 4.78 is 5.99. The first-order chi connectivity index (χ1) is 20.4. The van der Waals surface area contributed by atoms with E-state index in [-0.39, 0.29) is 38.9 Å². The summed E-state index contributed by atoms with van der Waals surface area (Å²) in [4.78, 5) is 12.9. The fraction of sp³-hybridized carbons (Fsp3) is 0.919. The van der Waals surface area contributed by atoms with E-state index in [0.29, 0.717) is 18.3 Å². The Morgan fingerprint density at radius 1 is 0.841 bits per heavy atom. The van der Waals surface area contributed by atoms with Crippen molar-refractivity contribution in [2.45, 2.75) is 150 Å². The van der Waals surface area contributed by atoms with Gasteiger partial charge in [-0.2, -0.15) is 0 Å². The topological polar surface area (TPSA) is 127 Å². The number of carboxylic acids is 1. The average molecular weight is 617 g/mol. The number of hydrogen-bond acceptors (Lipinski definition) is 6. The molecule has 5 aliphatic carbocycles. The second-order valence-corrected chi connectivity index (χ2v) is 18.3. The van der Waals surface area contributed by atoms with E-state index in [2.05, 4.69) is 54.5 Å². The monoisotopic (exact) mass is 616 g/mol. The van der Waals surface area contributed by atoms with Crippen LogP contribution in [0.5, 0.6) is 0 Å². The van der Waals surface area contributed by atoms with Crippen molar-refractivity contribution in [3.63, 3.8) is 0 Å². The van der Waals surface area contributed by atoms with E-state index in [4.69, 9.17) is 4.74 Å². The molecule has 0 amide bonds. The van der Waals surface area contributed by atoms with Crippen molar-refractivity contribution < 1.29 is 35.1 Å². The maximum Gasteiger partial charge on any atom is 0.310 e. The van der Waals surface area contributed by atoms with Crippen LogP contribution in [0.3, 0.4) is 0 Å². The molecule has 5 fully saturated rings. The molecule has 0 spiro atoms. The molecular formula is C37H60O7. The van der Waals surface area contributed by atoms with Crippen LogP contribution in [0, 0.1) is 56.2 Å². The quantitative estimate of drug-likeness (QED) is 0.256. The van der Waals surface area contributed by atoms with Gasteiger partial charge in [-0.1, -0.05) is 60.1 Å². The fourth-order valence-corrected chi connectivity index (χ4v) is 12.8. The molecule has 6 rings (SSSR count). The Hall–Kier alpha value is -0.990. The van der Waals surface area contributed by atoms with Gasteiger partial charge in [0.15, 0.2) is 0 Å². The Morgan fingerprint density at radius 3 is 2.16 bits per heavy atom. The van der Waals surface area contributed by atoms with E-state index in [1.807, 2.05) is 0 Å². The first-order valence-corrected chi connectivity index (χ1v) is 17.6. The van der Waals surface area contributed by atoms with Gasteiger partial charge in [0.05, 0.1) is 18.1 Å². The number of ether oxygens (including phenoxy) is 1. The highest BCUT2D eigenvalue weighted by Crippen LogP contribution is 2.76. The Bertz CT molecular complexity index is 1180. The van der Waals surface area contributed by atoms with Crippen LogP contribution in [-0.4, -0.2) is 68.6 Å². The second-order valence-electron chi connectivity index (χ2n) is 18.3. The maximum absolute atomic E-state index is 12.9. The molecule has 0 radical (unpaired) electrons. The van der Waals surface area contributed by atoms with Crippen molar-refractivity contribution in [1.82, 2.24) is 0 Å². The first kappa shape index (κ1) is 32.9. The van der Waals surface area contributed by atoms with Gasteiger partial charge in [0, 0.05) is 0 Å². The molecule has 1 heterocycles. The highest BCUT2D eigenvalue weighted by Gasteiger charge is 2.69. The minimum absolute atomic E-state index is 0.00173. The summed E-state index contributed by atoms with van der Waals surface area (Å²) >= 11 is 0. The standard InChI is InChI=1S/C37H60O7/c1-32(2)14-16-37(31(42)43)17-15-35(6)22(23(37)19-32)8-9-27-34(5)12-10-21(33(3,4)26(34)11-13-36(27,35)7)18-24-28(39)30(41)29(40)25(20-38)44-24/h8,21,23-30,38-41H,9-20H2,1-7H3,(H,42,43)/t21-,23?,24+,25?,26?,27?,28-,29-,30?,34+,35-,36-,37+/m1/s1. The van der Waals surface area contributed by atoms with Gasteiger partial charge in [-0.05, 0) is 121 Å². The number of carboxylic acid groups (broad SMARTS) is 1. The van der Waals surface area contributed by atoms with Crippen LogP contribution in [0.15, 0.2) is 11.6 Å². The summed E-state index contributed by atoms with van der Waals surface area (Å²) in [6.07, 6.45) is 7.70. The van der Waals surface area contributed by atoms with E-state index in [0.717, 1.165) is 64.2 Å². The second kappa shape index (κ2) is 10.5. The van der Waals surface area contributed by atoms with Gasteiger partial charge in [-0.15, -0.1) is 0 Å². The first-order valence-electron chi connectivity index (χ1n) is 17.6. The molecule has 13 atom stereocenters. The van der Waals surface area contributed by atoms with Gasteiger partial charge in [-0.25, -0.2) is 0 Å². The minimum atomic E-state index is -1.33. The summed E-state index contributed by atoms with van der Waals surface area (Å²) in [5, 5.41) is 52.0. The molecule has 250 valence electrons. The normalized spacial score (nSPS) is 52.9. The highest BCUT2D eigenvalue weighted by atomic mass is 16.5. The zero-order chi connectivity index (χ0) is 32.3. The van der Waals surface area contributed by atoms with Gasteiger partial charge in [0.25, 0.3) is 0 Å². The largest absolute Gasteiger partial charge is 0.481 e. The number of aliphatic carboxylic acids is 1. The third-order valence-electron chi connectivity index (χ3n) is 15.8. The van der Waals surface area contributed by atoms with Crippen molar-refractivity contribution in [1.29, 1.82) is 0 Å². The van der Waals surface area contributed by atoms with Gasteiger partial charge >= 0.3 is 5.97 Å². The van der Waals surface area contributed by atoms with Crippen molar-refractivity contribution >= 4 is 5.97 Å². The lowest BCUT2D eigenvalue weighted by Crippen LogP contribution is -2.65. The van der Waals surface area contributed by atoms with Crippen LogP contribution in [0.1, 0.15) is 119 Å². The molecule has 0 aromatic carbocycles. The Balaban J connectivity index is 1.29. The summed E-state index contributed by atoms with van der Waals surface area (Å²) in [6, 6.07) is 0. The third kappa shape index (κ3) is 4.41. The Labute approximate surface area is 264 Å². The predicted molar refractivity (Wildman–Crippen MR) is 169 cm³/mol. The number of fused-ring (bicyclic) bond motifs is 7. The molecule has 1 saturated heterocycles.